The number of nitrogens with one attached hydrogen (secondary N) is 1. The van der Waals surface area contributed by atoms with Crippen molar-refractivity contribution < 1.29 is 9.47 Å². The van der Waals surface area contributed by atoms with E-state index in [1.165, 1.54) is 0 Å². The van der Waals surface area contributed by atoms with E-state index < -0.39 is 0 Å². The van der Waals surface area contributed by atoms with E-state index in [-0.39, 0.29) is 5.54 Å². The predicted octanol–water partition coefficient (Wildman–Crippen LogP) is 2.13. The smallest absolute Gasteiger partial charge is 0.194 e. The van der Waals surface area contributed by atoms with Gasteiger partial charge in [0.1, 0.15) is 0 Å². The van der Waals surface area contributed by atoms with Crippen molar-refractivity contribution in [2.75, 3.05) is 46.6 Å². The molecule has 0 aromatic heterocycles. The van der Waals surface area contributed by atoms with Crippen molar-refractivity contribution in [3.05, 3.63) is 0 Å². The number of guanidine groups is 1. The number of methoxy groups -OCH3 is 1. The molecule has 0 aliphatic carbocycles. The van der Waals surface area contributed by atoms with Gasteiger partial charge in [0.2, 0.25) is 0 Å². The molecule has 1 N–H and O–H groups in total. The average Bonchev–Trinajstić information content (AvgIpc) is 2.43. The van der Waals surface area contributed by atoms with Gasteiger partial charge in [-0.1, -0.05) is 13.8 Å². The highest BCUT2D eigenvalue weighted by molar-refractivity contribution is 5.82. The van der Waals surface area contributed by atoms with Gasteiger partial charge in [-0.05, 0) is 27.2 Å². The molecule has 5 heteroatoms. The lowest BCUT2D eigenvalue weighted by atomic mass is 9.65. The Morgan fingerprint density at radius 3 is 2.43 bits per heavy atom. The minimum absolute atomic E-state index is 0.142. The largest absolute Gasteiger partial charge is 0.382 e. The van der Waals surface area contributed by atoms with E-state index in [9.17, 15) is 0 Å². The Labute approximate surface area is 130 Å². The van der Waals surface area contributed by atoms with Gasteiger partial charge in [0.25, 0.3) is 0 Å². The number of hydrogen-bond acceptors (Lipinski definition) is 3. The molecule has 0 aromatic rings. The summed E-state index contributed by atoms with van der Waals surface area (Å²) in [6.45, 7) is 16.1. The van der Waals surface area contributed by atoms with Crippen LogP contribution in [-0.2, 0) is 9.47 Å². The summed E-state index contributed by atoms with van der Waals surface area (Å²) in [6.07, 6.45) is 0.941. The standard InChI is InChI=1S/C16H33N3O2/c1-7-17-14(18-9-8-10-21-12-11-20-6)19-13-15(2,3)16(19,4)5/h7-13H2,1-6H3,(H,17,18). The van der Waals surface area contributed by atoms with Crippen LogP contribution in [0, 0.1) is 5.41 Å². The fourth-order valence-electron chi connectivity index (χ4n) is 2.39. The number of nitrogens with zero attached hydrogens (tertiary/aromatic N) is 2. The SMILES string of the molecule is CCNC(=NCCCOCCOC)N1CC(C)(C)C1(C)C. The molecule has 0 radical (unpaired) electrons. The summed E-state index contributed by atoms with van der Waals surface area (Å²) in [5.74, 6) is 1.03. The van der Waals surface area contributed by atoms with Gasteiger partial charge in [0.15, 0.2) is 5.96 Å². The third-order valence-corrected chi connectivity index (χ3v) is 4.62. The summed E-state index contributed by atoms with van der Waals surface area (Å²) in [6, 6.07) is 0. The van der Waals surface area contributed by atoms with Gasteiger partial charge in [0.05, 0.1) is 13.2 Å². The zero-order valence-electron chi connectivity index (χ0n) is 14.7. The first-order valence-corrected chi connectivity index (χ1v) is 7.99. The molecular formula is C16H33N3O2. The molecule has 1 fully saturated rings. The molecule has 1 heterocycles. The van der Waals surface area contributed by atoms with Crippen molar-refractivity contribution in [3.63, 3.8) is 0 Å². The average molecular weight is 299 g/mol. The van der Waals surface area contributed by atoms with Crippen molar-refractivity contribution >= 4 is 5.96 Å². The Hall–Kier alpha value is -0.810. The zero-order valence-corrected chi connectivity index (χ0v) is 14.7. The highest BCUT2D eigenvalue weighted by Crippen LogP contribution is 2.46. The number of ether oxygens (including phenoxy) is 2. The third-order valence-electron chi connectivity index (χ3n) is 4.62. The second kappa shape index (κ2) is 7.99. The summed E-state index contributed by atoms with van der Waals surface area (Å²) in [5.41, 5.74) is 0.468. The number of hydrogen-bond donors (Lipinski definition) is 1. The van der Waals surface area contributed by atoms with E-state index in [0.29, 0.717) is 18.6 Å². The summed E-state index contributed by atoms with van der Waals surface area (Å²) in [5, 5.41) is 3.40. The van der Waals surface area contributed by atoms with Crippen LogP contribution in [0.25, 0.3) is 0 Å². The van der Waals surface area contributed by atoms with Crippen LogP contribution in [0.5, 0.6) is 0 Å². The molecule has 0 spiro atoms. The molecule has 5 nitrogen and oxygen atoms in total. The Morgan fingerprint density at radius 2 is 1.90 bits per heavy atom. The Kier molecular flexibility index (Phi) is 6.94. The van der Waals surface area contributed by atoms with E-state index in [0.717, 1.165) is 38.6 Å². The molecule has 0 atom stereocenters. The molecule has 1 rings (SSSR count). The molecule has 21 heavy (non-hydrogen) atoms. The second-order valence-corrected chi connectivity index (χ2v) is 6.72. The first-order valence-electron chi connectivity index (χ1n) is 7.99. The number of likely N-dealkylation sites (tertiary alicyclic amines) is 1. The third kappa shape index (κ3) is 4.58. The van der Waals surface area contributed by atoms with Crippen LogP contribution < -0.4 is 5.32 Å². The van der Waals surface area contributed by atoms with Crippen LogP contribution in [0.15, 0.2) is 4.99 Å². The van der Waals surface area contributed by atoms with Crippen molar-refractivity contribution in [1.82, 2.24) is 10.2 Å². The summed E-state index contributed by atoms with van der Waals surface area (Å²) < 4.78 is 10.4. The Bertz CT molecular complexity index is 340. The molecule has 1 saturated heterocycles. The van der Waals surface area contributed by atoms with Crippen molar-refractivity contribution in [1.29, 1.82) is 0 Å². The quantitative estimate of drug-likeness (QED) is 0.424. The Morgan fingerprint density at radius 1 is 1.19 bits per heavy atom. The first-order chi connectivity index (χ1) is 9.86. The van der Waals surface area contributed by atoms with Gasteiger partial charge < -0.3 is 19.7 Å². The Balaban J connectivity index is 2.41. The maximum absolute atomic E-state index is 5.46. The molecule has 1 aliphatic heterocycles. The number of aliphatic imine (C=N–C) groups is 1. The van der Waals surface area contributed by atoms with E-state index in [2.05, 4.69) is 44.8 Å². The molecule has 124 valence electrons. The lowest BCUT2D eigenvalue weighted by molar-refractivity contribution is -0.0667. The molecule has 0 saturated carbocycles. The predicted molar refractivity (Wildman–Crippen MR) is 87.9 cm³/mol. The van der Waals surface area contributed by atoms with E-state index in [1.54, 1.807) is 7.11 Å². The molecule has 0 bridgehead atoms. The van der Waals surface area contributed by atoms with Gasteiger partial charge >= 0.3 is 0 Å². The summed E-state index contributed by atoms with van der Waals surface area (Å²) in [7, 11) is 1.69. The van der Waals surface area contributed by atoms with Crippen LogP contribution in [0.4, 0.5) is 0 Å². The highest BCUT2D eigenvalue weighted by atomic mass is 16.5. The fraction of sp³-hybridized carbons (Fsp3) is 0.938. The van der Waals surface area contributed by atoms with E-state index in [4.69, 9.17) is 14.5 Å². The maximum atomic E-state index is 5.46. The van der Waals surface area contributed by atoms with Crippen LogP contribution in [0.3, 0.4) is 0 Å². The molecule has 1 aliphatic rings. The highest BCUT2D eigenvalue weighted by Gasteiger charge is 2.53. The minimum Gasteiger partial charge on any atom is -0.382 e. The second-order valence-electron chi connectivity index (χ2n) is 6.72. The van der Waals surface area contributed by atoms with Gasteiger partial charge in [0, 0.05) is 44.3 Å². The van der Waals surface area contributed by atoms with E-state index in [1.807, 2.05) is 0 Å². The number of rotatable bonds is 8. The summed E-state index contributed by atoms with van der Waals surface area (Å²) in [4.78, 5) is 7.11. The molecule has 0 amide bonds. The van der Waals surface area contributed by atoms with Crippen LogP contribution in [-0.4, -0.2) is 63.0 Å². The normalized spacial score (nSPS) is 20.3. The fourth-order valence-corrected chi connectivity index (χ4v) is 2.39. The van der Waals surface area contributed by atoms with Gasteiger partial charge in [-0.3, -0.25) is 4.99 Å². The first kappa shape index (κ1) is 18.2. The van der Waals surface area contributed by atoms with Gasteiger partial charge in [-0.25, -0.2) is 0 Å². The van der Waals surface area contributed by atoms with Crippen molar-refractivity contribution in [3.8, 4) is 0 Å². The maximum Gasteiger partial charge on any atom is 0.194 e. The van der Waals surface area contributed by atoms with Crippen molar-refractivity contribution in [2.24, 2.45) is 10.4 Å². The van der Waals surface area contributed by atoms with Crippen molar-refractivity contribution in [2.45, 2.75) is 46.6 Å². The topological polar surface area (TPSA) is 46.1 Å². The lowest BCUT2D eigenvalue weighted by Crippen LogP contribution is -2.72. The summed E-state index contributed by atoms with van der Waals surface area (Å²) >= 11 is 0. The van der Waals surface area contributed by atoms with E-state index >= 15 is 0 Å². The van der Waals surface area contributed by atoms with Gasteiger partial charge in [-0.2, -0.15) is 0 Å². The monoisotopic (exact) mass is 299 g/mol. The van der Waals surface area contributed by atoms with Crippen LogP contribution in [0.1, 0.15) is 41.0 Å². The molecule has 0 unspecified atom stereocenters. The van der Waals surface area contributed by atoms with Gasteiger partial charge in [-0.15, -0.1) is 0 Å². The minimum atomic E-state index is 0.142. The lowest BCUT2D eigenvalue weighted by Gasteiger charge is -2.62. The van der Waals surface area contributed by atoms with Crippen LogP contribution >= 0.6 is 0 Å². The molecule has 0 aromatic carbocycles. The molecular weight excluding hydrogens is 266 g/mol. The van der Waals surface area contributed by atoms with Crippen LogP contribution in [0.2, 0.25) is 0 Å². The zero-order chi connectivity index (χ0) is 15.9.